The number of nitrogens with one attached hydrogen (secondary N) is 1. The highest BCUT2D eigenvalue weighted by Crippen LogP contribution is 2.19. The lowest BCUT2D eigenvalue weighted by molar-refractivity contribution is 0.366. The van der Waals surface area contributed by atoms with E-state index in [9.17, 15) is 0 Å². The second-order valence-electron chi connectivity index (χ2n) is 5.14. The topological polar surface area (TPSA) is 41.0 Å². The Morgan fingerprint density at radius 1 is 1.33 bits per heavy atom. The van der Waals surface area contributed by atoms with Crippen LogP contribution in [0.5, 0.6) is 0 Å². The van der Waals surface area contributed by atoms with Crippen LogP contribution in [0.4, 0.5) is 5.95 Å². The Balaban J connectivity index is 2.05. The Bertz CT molecular complexity index is 360. The normalized spacial score (nSPS) is 17.1. The maximum absolute atomic E-state index is 4.42. The summed E-state index contributed by atoms with van der Waals surface area (Å²) < 4.78 is 0.928. The predicted molar refractivity (Wildman–Crippen MR) is 77.8 cm³/mol. The Hall–Kier alpha value is -0.680. The van der Waals surface area contributed by atoms with Crippen molar-refractivity contribution in [2.75, 3.05) is 24.5 Å². The number of anilines is 1. The van der Waals surface area contributed by atoms with Crippen molar-refractivity contribution in [2.45, 2.75) is 32.7 Å². The second-order valence-corrected chi connectivity index (χ2v) is 6.06. The maximum atomic E-state index is 4.42. The minimum Gasteiger partial charge on any atom is -0.338 e. The third kappa shape index (κ3) is 3.65. The number of hydrogen-bond donors (Lipinski definition) is 1. The minimum absolute atomic E-state index is 0.432. The van der Waals surface area contributed by atoms with Gasteiger partial charge in [0, 0.05) is 25.0 Å². The molecular formula is C13H21BrN4. The number of aromatic nitrogens is 2. The van der Waals surface area contributed by atoms with Gasteiger partial charge in [0.25, 0.3) is 0 Å². The maximum Gasteiger partial charge on any atom is 0.225 e. The lowest BCUT2D eigenvalue weighted by Crippen LogP contribution is -2.40. The molecule has 1 aromatic rings. The lowest BCUT2D eigenvalue weighted by atomic mass is 9.97. The fraction of sp³-hybridized carbons (Fsp3) is 0.692. The summed E-state index contributed by atoms with van der Waals surface area (Å²) in [6.45, 7) is 7.73. The molecule has 0 atom stereocenters. The summed E-state index contributed by atoms with van der Waals surface area (Å²) in [5.41, 5.74) is 0. The van der Waals surface area contributed by atoms with Crippen LogP contribution in [-0.2, 0) is 0 Å². The fourth-order valence-electron chi connectivity index (χ4n) is 2.32. The Morgan fingerprint density at radius 3 is 2.50 bits per heavy atom. The van der Waals surface area contributed by atoms with E-state index in [0.29, 0.717) is 6.04 Å². The van der Waals surface area contributed by atoms with E-state index in [1.807, 2.05) is 12.4 Å². The smallest absolute Gasteiger partial charge is 0.225 e. The Labute approximate surface area is 117 Å². The highest BCUT2D eigenvalue weighted by Gasteiger charge is 2.20. The Morgan fingerprint density at radius 2 is 1.94 bits per heavy atom. The van der Waals surface area contributed by atoms with Crippen molar-refractivity contribution in [3.63, 3.8) is 0 Å². The van der Waals surface area contributed by atoms with Gasteiger partial charge in [-0.2, -0.15) is 0 Å². The van der Waals surface area contributed by atoms with Crippen molar-refractivity contribution in [1.29, 1.82) is 0 Å². The molecule has 4 nitrogen and oxygen atoms in total. The molecular weight excluding hydrogens is 292 g/mol. The zero-order valence-corrected chi connectivity index (χ0v) is 12.7. The summed E-state index contributed by atoms with van der Waals surface area (Å²) in [4.78, 5) is 11.1. The van der Waals surface area contributed by atoms with E-state index in [1.54, 1.807) is 0 Å². The van der Waals surface area contributed by atoms with Crippen LogP contribution in [0.3, 0.4) is 0 Å². The van der Waals surface area contributed by atoms with Gasteiger partial charge >= 0.3 is 0 Å². The molecule has 2 heterocycles. The van der Waals surface area contributed by atoms with Crippen molar-refractivity contribution >= 4 is 21.9 Å². The predicted octanol–water partition coefficient (Wildman–Crippen LogP) is 2.45. The van der Waals surface area contributed by atoms with Gasteiger partial charge in [-0.3, -0.25) is 0 Å². The van der Waals surface area contributed by atoms with E-state index in [0.717, 1.165) is 36.0 Å². The van der Waals surface area contributed by atoms with Gasteiger partial charge in [-0.1, -0.05) is 0 Å². The van der Waals surface area contributed by atoms with Gasteiger partial charge in [0.2, 0.25) is 5.95 Å². The van der Waals surface area contributed by atoms with Crippen molar-refractivity contribution in [1.82, 2.24) is 15.3 Å². The number of nitrogens with zero attached hydrogens (tertiary/aromatic N) is 3. The van der Waals surface area contributed by atoms with Crippen LogP contribution in [0.15, 0.2) is 16.9 Å². The standard InChI is InChI=1S/C13H21BrN4/c1-10(2)18(9-11-3-5-15-6-4-11)13-16-7-12(14)8-17-13/h7-8,10-11,15H,3-6,9H2,1-2H3. The average Bonchev–Trinajstić information content (AvgIpc) is 2.38. The summed E-state index contributed by atoms with van der Waals surface area (Å²) in [6.07, 6.45) is 6.14. The van der Waals surface area contributed by atoms with Gasteiger partial charge < -0.3 is 10.2 Å². The molecule has 1 saturated heterocycles. The molecule has 0 radical (unpaired) electrons. The molecule has 0 aliphatic carbocycles. The lowest BCUT2D eigenvalue weighted by Gasteiger charge is -2.32. The Kier molecular flexibility index (Phi) is 4.95. The van der Waals surface area contributed by atoms with E-state index in [1.165, 1.54) is 12.8 Å². The first kappa shape index (κ1) is 13.7. The van der Waals surface area contributed by atoms with Crippen LogP contribution in [0.1, 0.15) is 26.7 Å². The van der Waals surface area contributed by atoms with Crippen LogP contribution in [0.2, 0.25) is 0 Å². The molecule has 1 aromatic heterocycles. The number of rotatable bonds is 4. The highest BCUT2D eigenvalue weighted by atomic mass is 79.9. The molecule has 1 N–H and O–H groups in total. The van der Waals surface area contributed by atoms with Crippen molar-refractivity contribution in [3.8, 4) is 0 Å². The largest absolute Gasteiger partial charge is 0.338 e. The molecule has 5 heteroatoms. The summed E-state index contributed by atoms with van der Waals surface area (Å²) in [5.74, 6) is 1.59. The molecule has 0 spiro atoms. The molecule has 100 valence electrons. The molecule has 1 aliphatic rings. The SMILES string of the molecule is CC(C)N(CC1CCNCC1)c1ncc(Br)cn1. The zero-order valence-electron chi connectivity index (χ0n) is 11.1. The number of halogens is 1. The molecule has 18 heavy (non-hydrogen) atoms. The first-order valence-corrected chi connectivity index (χ1v) is 7.41. The van der Waals surface area contributed by atoms with Crippen LogP contribution in [-0.4, -0.2) is 35.6 Å². The van der Waals surface area contributed by atoms with Crippen LogP contribution in [0, 0.1) is 5.92 Å². The number of hydrogen-bond acceptors (Lipinski definition) is 4. The molecule has 0 aromatic carbocycles. The molecule has 0 unspecified atom stereocenters. The van der Waals surface area contributed by atoms with E-state index in [4.69, 9.17) is 0 Å². The van der Waals surface area contributed by atoms with Gasteiger partial charge in [-0.25, -0.2) is 9.97 Å². The van der Waals surface area contributed by atoms with Gasteiger partial charge in [0.15, 0.2) is 0 Å². The van der Waals surface area contributed by atoms with E-state index in [-0.39, 0.29) is 0 Å². The molecule has 1 fully saturated rings. The molecule has 0 amide bonds. The average molecular weight is 313 g/mol. The summed E-state index contributed by atoms with van der Waals surface area (Å²) in [6, 6.07) is 0.432. The summed E-state index contributed by atoms with van der Waals surface area (Å²) in [7, 11) is 0. The quantitative estimate of drug-likeness (QED) is 0.927. The number of piperidine rings is 1. The van der Waals surface area contributed by atoms with Gasteiger partial charge in [-0.15, -0.1) is 0 Å². The van der Waals surface area contributed by atoms with Crippen LogP contribution in [0.25, 0.3) is 0 Å². The first-order chi connectivity index (χ1) is 8.66. The van der Waals surface area contributed by atoms with E-state index in [2.05, 4.69) is 50.0 Å². The summed E-state index contributed by atoms with van der Waals surface area (Å²) in [5, 5.41) is 3.41. The first-order valence-electron chi connectivity index (χ1n) is 6.61. The molecule has 1 aliphatic heterocycles. The monoisotopic (exact) mass is 312 g/mol. The van der Waals surface area contributed by atoms with Crippen LogP contribution >= 0.6 is 15.9 Å². The minimum atomic E-state index is 0.432. The van der Waals surface area contributed by atoms with E-state index < -0.39 is 0 Å². The third-order valence-electron chi connectivity index (χ3n) is 3.40. The van der Waals surface area contributed by atoms with Crippen molar-refractivity contribution < 1.29 is 0 Å². The molecule has 2 rings (SSSR count). The van der Waals surface area contributed by atoms with Gasteiger partial charge in [-0.05, 0) is 61.6 Å². The van der Waals surface area contributed by atoms with E-state index >= 15 is 0 Å². The van der Waals surface area contributed by atoms with Crippen molar-refractivity contribution in [2.24, 2.45) is 5.92 Å². The molecule has 0 saturated carbocycles. The highest BCUT2D eigenvalue weighted by molar-refractivity contribution is 9.10. The molecule has 0 bridgehead atoms. The third-order valence-corrected chi connectivity index (χ3v) is 3.81. The zero-order chi connectivity index (χ0) is 13.0. The van der Waals surface area contributed by atoms with Crippen molar-refractivity contribution in [3.05, 3.63) is 16.9 Å². The summed E-state index contributed by atoms with van der Waals surface area (Å²) >= 11 is 3.38. The van der Waals surface area contributed by atoms with Gasteiger partial charge in [0.1, 0.15) is 0 Å². The fourth-order valence-corrected chi connectivity index (χ4v) is 2.52. The van der Waals surface area contributed by atoms with Gasteiger partial charge in [0.05, 0.1) is 4.47 Å². The second kappa shape index (κ2) is 6.48. The van der Waals surface area contributed by atoms with Crippen LogP contribution < -0.4 is 10.2 Å².